The average Bonchev–Trinajstić information content (AvgIpc) is 2.59. The Morgan fingerprint density at radius 2 is 1.79 bits per heavy atom. The molecule has 2 aromatic carbocycles. The van der Waals surface area contributed by atoms with Crippen molar-refractivity contribution >= 4 is 10.0 Å². The van der Waals surface area contributed by atoms with Crippen molar-refractivity contribution in [3.63, 3.8) is 0 Å². The first-order valence-electron chi connectivity index (χ1n) is 8.23. The Kier molecular flexibility index (Phi) is 6.40. The summed E-state index contributed by atoms with van der Waals surface area (Å²) in [5.41, 5.74) is 2.31. The first kappa shape index (κ1) is 18.5. The minimum Gasteiger partial charge on any atom is -0.492 e. The highest BCUT2D eigenvalue weighted by molar-refractivity contribution is 7.89. The summed E-state index contributed by atoms with van der Waals surface area (Å²) >= 11 is 0. The molecule has 130 valence electrons. The molecule has 0 spiro atoms. The lowest BCUT2D eigenvalue weighted by Gasteiger charge is -2.11. The fraction of sp³-hybridized carbons (Fsp3) is 0.368. The van der Waals surface area contributed by atoms with Gasteiger partial charge in [0.15, 0.2) is 0 Å². The summed E-state index contributed by atoms with van der Waals surface area (Å²) < 4.78 is 32.6. The molecular weight excluding hydrogens is 322 g/mol. The third kappa shape index (κ3) is 5.08. The van der Waals surface area contributed by atoms with Crippen LogP contribution in [0.4, 0.5) is 0 Å². The van der Waals surface area contributed by atoms with Crippen molar-refractivity contribution in [1.29, 1.82) is 0 Å². The van der Waals surface area contributed by atoms with Crippen LogP contribution in [-0.2, 0) is 16.4 Å². The zero-order valence-corrected chi connectivity index (χ0v) is 15.3. The maximum atomic E-state index is 12.2. The van der Waals surface area contributed by atoms with E-state index in [1.165, 1.54) is 5.56 Å². The number of sulfonamides is 1. The quantitative estimate of drug-likeness (QED) is 0.740. The number of rotatable bonds is 8. The first-order chi connectivity index (χ1) is 11.4. The Labute approximate surface area is 144 Å². The number of benzene rings is 2. The number of hydrogen-bond donors (Lipinski definition) is 1. The van der Waals surface area contributed by atoms with Gasteiger partial charge in [-0.15, -0.1) is 0 Å². The Hall–Kier alpha value is -1.85. The summed E-state index contributed by atoms with van der Waals surface area (Å²) in [6.07, 6.45) is 0.886. The highest BCUT2D eigenvalue weighted by Crippen LogP contribution is 2.20. The molecule has 24 heavy (non-hydrogen) atoms. The van der Waals surface area contributed by atoms with Crippen LogP contribution in [0.1, 0.15) is 37.8 Å². The summed E-state index contributed by atoms with van der Waals surface area (Å²) in [4.78, 5) is 0.279. The normalized spacial score (nSPS) is 11.7. The molecule has 0 amide bonds. The SMILES string of the molecule is CCc1ccc(S(=O)(=O)NCCOc2cccc(C(C)C)c2)cc1. The van der Waals surface area contributed by atoms with E-state index in [2.05, 4.69) is 24.6 Å². The molecule has 0 atom stereocenters. The molecule has 0 aliphatic carbocycles. The molecule has 2 aromatic rings. The first-order valence-corrected chi connectivity index (χ1v) is 9.72. The van der Waals surface area contributed by atoms with Crippen molar-refractivity contribution in [3.05, 3.63) is 59.7 Å². The van der Waals surface area contributed by atoms with Crippen molar-refractivity contribution in [2.75, 3.05) is 13.2 Å². The fourth-order valence-corrected chi connectivity index (χ4v) is 3.31. The van der Waals surface area contributed by atoms with Gasteiger partial charge < -0.3 is 4.74 Å². The summed E-state index contributed by atoms with van der Waals surface area (Å²) in [6, 6.07) is 14.8. The highest BCUT2D eigenvalue weighted by atomic mass is 32.2. The number of ether oxygens (including phenoxy) is 1. The molecule has 0 aliphatic rings. The summed E-state index contributed by atoms with van der Waals surface area (Å²) in [5, 5.41) is 0. The maximum Gasteiger partial charge on any atom is 0.240 e. The topological polar surface area (TPSA) is 55.4 Å². The second-order valence-corrected chi connectivity index (χ2v) is 7.74. The molecule has 5 heteroatoms. The fourth-order valence-electron chi connectivity index (χ4n) is 2.30. The van der Waals surface area contributed by atoms with Gasteiger partial charge in [0, 0.05) is 6.54 Å². The molecule has 0 saturated carbocycles. The van der Waals surface area contributed by atoms with E-state index < -0.39 is 10.0 Å². The Balaban J connectivity index is 1.87. The molecule has 0 fully saturated rings. The molecule has 4 nitrogen and oxygen atoms in total. The standard InChI is InChI=1S/C19H25NO3S/c1-4-16-8-10-19(11-9-16)24(21,22)20-12-13-23-18-7-5-6-17(14-18)15(2)3/h5-11,14-15,20H,4,12-13H2,1-3H3. The van der Waals surface area contributed by atoms with E-state index in [-0.39, 0.29) is 18.0 Å². The van der Waals surface area contributed by atoms with E-state index in [1.54, 1.807) is 12.1 Å². The van der Waals surface area contributed by atoms with Crippen molar-refractivity contribution in [1.82, 2.24) is 4.72 Å². The lowest BCUT2D eigenvalue weighted by atomic mass is 10.0. The number of aryl methyl sites for hydroxylation is 1. The van der Waals surface area contributed by atoms with Gasteiger partial charge in [-0.1, -0.05) is 45.0 Å². The van der Waals surface area contributed by atoms with Crippen molar-refractivity contribution in [2.24, 2.45) is 0 Å². The minimum absolute atomic E-state index is 0.226. The Morgan fingerprint density at radius 1 is 1.08 bits per heavy atom. The van der Waals surface area contributed by atoms with Crippen LogP contribution in [-0.4, -0.2) is 21.6 Å². The van der Waals surface area contributed by atoms with Gasteiger partial charge >= 0.3 is 0 Å². The van der Waals surface area contributed by atoms with Gasteiger partial charge in [-0.3, -0.25) is 0 Å². The second-order valence-electron chi connectivity index (χ2n) is 5.97. The predicted molar refractivity (Wildman–Crippen MR) is 97.0 cm³/mol. The van der Waals surface area contributed by atoms with Crippen LogP contribution in [0.5, 0.6) is 5.75 Å². The average molecular weight is 347 g/mol. The van der Waals surface area contributed by atoms with Gasteiger partial charge in [0.1, 0.15) is 12.4 Å². The van der Waals surface area contributed by atoms with E-state index in [1.807, 2.05) is 37.3 Å². The summed E-state index contributed by atoms with van der Waals surface area (Å²) in [5.74, 6) is 1.19. The molecule has 0 aromatic heterocycles. The van der Waals surface area contributed by atoms with Gasteiger partial charge in [0.05, 0.1) is 4.90 Å². The predicted octanol–water partition coefficient (Wildman–Crippen LogP) is 3.73. The number of hydrogen-bond acceptors (Lipinski definition) is 3. The van der Waals surface area contributed by atoms with Crippen LogP contribution in [0.2, 0.25) is 0 Å². The van der Waals surface area contributed by atoms with E-state index in [9.17, 15) is 8.42 Å². The van der Waals surface area contributed by atoms with Crippen molar-refractivity contribution in [2.45, 2.75) is 38.0 Å². The molecular formula is C19H25NO3S. The van der Waals surface area contributed by atoms with Gasteiger partial charge in [-0.25, -0.2) is 13.1 Å². The zero-order valence-electron chi connectivity index (χ0n) is 14.5. The molecule has 0 bridgehead atoms. The summed E-state index contributed by atoms with van der Waals surface area (Å²) in [6.45, 7) is 6.79. The molecule has 1 N–H and O–H groups in total. The van der Waals surface area contributed by atoms with E-state index in [0.717, 1.165) is 17.7 Å². The second kappa shape index (κ2) is 8.31. The third-order valence-corrected chi connectivity index (χ3v) is 5.31. The molecule has 2 rings (SSSR count). The lowest BCUT2D eigenvalue weighted by Crippen LogP contribution is -2.28. The smallest absolute Gasteiger partial charge is 0.240 e. The van der Waals surface area contributed by atoms with E-state index >= 15 is 0 Å². The lowest BCUT2D eigenvalue weighted by molar-refractivity contribution is 0.322. The van der Waals surface area contributed by atoms with Crippen molar-refractivity contribution < 1.29 is 13.2 Å². The minimum atomic E-state index is -3.49. The third-order valence-electron chi connectivity index (χ3n) is 3.83. The van der Waals surface area contributed by atoms with Gasteiger partial charge in [-0.2, -0.15) is 0 Å². The molecule has 0 heterocycles. The number of nitrogens with one attached hydrogen (secondary N) is 1. The molecule has 0 saturated heterocycles. The van der Waals surface area contributed by atoms with Crippen LogP contribution in [0.3, 0.4) is 0 Å². The monoisotopic (exact) mass is 347 g/mol. The Morgan fingerprint density at radius 3 is 2.42 bits per heavy atom. The highest BCUT2D eigenvalue weighted by Gasteiger charge is 2.13. The molecule has 0 unspecified atom stereocenters. The van der Waals surface area contributed by atoms with Crippen LogP contribution in [0.25, 0.3) is 0 Å². The van der Waals surface area contributed by atoms with Crippen LogP contribution >= 0.6 is 0 Å². The van der Waals surface area contributed by atoms with Crippen LogP contribution in [0.15, 0.2) is 53.4 Å². The van der Waals surface area contributed by atoms with Crippen LogP contribution in [0, 0.1) is 0 Å². The van der Waals surface area contributed by atoms with Gasteiger partial charge in [0.25, 0.3) is 0 Å². The zero-order chi connectivity index (χ0) is 17.6. The van der Waals surface area contributed by atoms with E-state index in [4.69, 9.17) is 4.74 Å². The largest absolute Gasteiger partial charge is 0.492 e. The maximum absolute atomic E-state index is 12.2. The van der Waals surface area contributed by atoms with E-state index in [0.29, 0.717) is 5.92 Å². The Bertz CT molecular complexity index is 752. The summed E-state index contributed by atoms with van der Waals surface area (Å²) in [7, 11) is -3.49. The molecule has 0 radical (unpaired) electrons. The van der Waals surface area contributed by atoms with Gasteiger partial charge in [-0.05, 0) is 47.7 Å². The van der Waals surface area contributed by atoms with Crippen molar-refractivity contribution in [3.8, 4) is 5.75 Å². The molecule has 0 aliphatic heterocycles. The van der Waals surface area contributed by atoms with Crippen LogP contribution < -0.4 is 9.46 Å². The van der Waals surface area contributed by atoms with Gasteiger partial charge in [0.2, 0.25) is 10.0 Å².